The molecule has 0 saturated carbocycles. The van der Waals surface area contributed by atoms with Crippen molar-refractivity contribution in [3.63, 3.8) is 0 Å². The summed E-state index contributed by atoms with van der Waals surface area (Å²) in [5.74, 6) is -0.464. The van der Waals surface area contributed by atoms with Crippen molar-refractivity contribution in [1.82, 2.24) is 10.3 Å². The molecule has 2 rings (SSSR count). The van der Waals surface area contributed by atoms with E-state index >= 15 is 0 Å². The maximum Gasteiger partial charge on any atom is 0.328 e. The van der Waals surface area contributed by atoms with E-state index in [1.807, 2.05) is 38.1 Å². The van der Waals surface area contributed by atoms with Crippen LogP contribution < -0.4 is 5.32 Å². The van der Waals surface area contributed by atoms with Gasteiger partial charge in [0.1, 0.15) is 6.04 Å². The highest BCUT2D eigenvalue weighted by Gasteiger charge is 2.23. The summed E-state index contributed by atoms with van der Waals surface area (Å²) < 4.78 is 4.77. The van der Waals surface area contributed by atoms with Crippen LogP contribution in [0.2, 0.25) is 0 Å². The highest BCUT2D eigenvalue weighted by molar-refractivity contribution is 6.07. The third-order valence-corrected chi connectivity index (χ3v) is 3.39. The maximum absolute atomic E-state index is 12.5. The molecule has 1 aromatic heterocycles. The predicted octanol–water partition coefficient (Wildman–Crippen LogP) is 2.55. The van der Waals surface area contributed by atoms with E-state index in [0.29, 0.717) is 12.0 Å². The van der Waals surface area contributed by atoms with Crippen molar-refractivity contribution in [3.8, 4) is 0 Å². The molecular weight excluding hydrogens is 280 g/mol. The molecule has 0 fully saturated rings. The van der Waals surface area contributed by atoms with Gasteiger partial charge in [-0.1, -0.05) is 32.0 Å². The second kappa shape index (κ2) is 7.02. The Morgan fingerprint density at radius 3 is 2.64 bits per heavy atom. The van der Waals surface area contributed by atoms with Gasteiger partial charge < -0.3 is 10.1 Å². The third-order valence-electron chi connectivity index (χ3n) is 3.39. The number of benzene rings is 1. The van der Waals surface area contributed by atoms with E-state index in [2.05, 4.69) is 10.3 Å². The molecule has 1 amide bonds. The number of ether oxygens (including phenoxy) is 1. The quantitative estimate of drug-likeness (QED) is 0.862. The molecule has 1 N–H and O–H groups in total. The molecule has 2 aromatic rings. The normalized spacial score (nSPS) is 12.2. The lowest BCUT2D eigenvalue weighted by Gasteiger charge is -2.18. The zero-order chi connectivity index (χ0) is 16.1. The molecule has 1 atom stereocenters. The first kappa shape index (κ1) is 15.9. The minimum atomic E-state index is -0.649. The number of nitrogens with zero attached hydrogens (tertiary/aromatic N) is 1. The fourth-order valence-electron chi connectivity index (χ4n) is 2.36. The van der Waals surface area contributed by atoms with Crippen molar-refractivity contribution in [1.29, 1.82) is 0 Å². The first-order chi connectivity index (χ1) is 10.5. The molecule has 0 aliphatic heterocycles. The lowest BCUT2D eigenvalue weighted by Crippen LogP contribution is -2.42. The van der Waals surface area contributed by atoms with E-state index in [9.17, 15) is 9.59 Å². The number of esters is 1. The first-order valence-corrected chi connectivity index (χ1v) is 7.25. The van der Waals surface area contributed by atoms with Gasteiger partial charge >= 0.3 is 5.97 Å². The van der Waals surface area contributed by atoms with Crippen molar-refractivity contribution in [2.45, 2.75) is 26.3 Å². The number of rotatable bonds is 5. The Kier molecular flexibility index (Phi) is 5.09. The minimum absolute atomic E-state index is 0.263. The standard InChI is InChI=1S/C17H20N2O3/c1-11(2)10-15(17(21)22-3)19-16(20)13-8-9-18-14-7-5-4-6-12(13)14/h4-9,11,15H,10H2,1-3H3,(H,19,20)/t15-/m1/s1. The number of carbonyl (C=O) groups excluding carboxylic acids is 2. The lowest BCUT2D eigenvalue weighted by molar-refractivity contribution is -0.143. The average Bonchev–Trinajstić information content (AvgIpc) is 2.52. The summed E-state index contributed by atoms with van der Waals surface area (Å²) in [6.07, 6.45) is 2.12. The van der Waals surface area contributed by atoms with Crippen LogP contribution in [0.15, 0.2) is 36.5 Å². The smallest absolute Gasteiger partial charge is 0.328 e. The van der Waals surface area contributed by atoms with Gasteiger partial charge in [-0.3, -0.25) is 9.78 Å². The molecule has 0 bridgehead atoms. The van der Waals surface area contributed by atoms with Crippen LogP contribution in [0.25, 0.3) is 10.9 Å². The number of fused-ring (bicyclic) bond motifs is 1. The molecule has 0 aliphatic rings. The Hall–Kier alpha value is -2.43. The Morgan fingerprint density at radius 2 is 1.95 bits per heavy atom. The number of amides is 1. The maximum atomic E-state index is 12.5. The van der Waals surface area contributed by atoms with Crippen molar-refractivity contribution in [2.24, 2.45) is 5.92 Å². The molecule has 5 nitrogen and oxygen atoms in total. The number of para-hydroxylation sites is 1. The molecule has 0 saturated heterocycles. The summed E-state index contributed by atoms with van der Waals surface area (Å²) in [4.78, 5) is 28.6. The number of carbonyl (C=O) groups is 2. The van der Waals surface area contributed by atoms with Gasteiger partial charge in [-0.05, 0) is 24.5 Å². The summed E-state index contributed by atoms with van der Waals surface area (Å²) in [5.41, 5.74) is 1.25. The van der Waals surface area contributed by atoms with Crippen molar-refractivity contribution >= 4 is 22.8 Å². The van der Waals surface area contributed by atoms with E-state index in [1.165, 1.54) is 7.11 Å². The van der Waals surface area contributed by atoms with Crippen LogP contribution >= 0.6 is 0 Å². The largest absolute Gasteiger partial charge is 0.467 e. The fraction of sp³-hybridized carbons (Fsp3) is 0.353. The monoisotopic (exact) mass is 300 g/mol. The minimum Gasteiger partial charge on any atom is -0.467 e. The predicted molar refractivity (Wildman–Crippen MR) is 84.5 cm³/mol. The number of hydrogen-bond donors (Lipinski definition) is 1. The molecule has 1 heterocycles. The Bertz CT molecular complexity index is 677. The summed E-state index contributed by atoms with van der Waals surface area (Å²) in [6, 6.07) is 8.41. The number of aromatic nitrogens is 1. The summed E-state index contributed by atoms with van der Waals surface area (Å²) >= 11 is 0. The topological polar surface area (TPSA) is 68.3 Å². The number of methoxy groups -OCH3 is 1. The van der Waals surface area contributed by atoms with Crippen LogP contribution in [0.4, 0.5) is 0 Å². The zero-order valence-electron chi connectivity index (χ0n) is 13.0. The Balaban J connectivity index is 2.27. The Labute approximate surface area is 129 Å². The fourth-order valence-corrected chi connectivity index (χ4v) is 2.36. The van der Waals surface area contributed by atoms with Crippen LogP contribution in [-0.2, 0) is 9.53 Å². The third kappa shape index (κ3) is 3.61. The van der Waals surface area contributed by atoms with Crippen molar-refractivity contribution in [3.05, 3.63) is 42.1 Å². The van der Waals surface area contributed by atoms with Gasteiger partial charge in [-0.2, -0.15) is 0 Å². The number of pyridine rings is 1. The molecule has 0 unspecified atom stereocenters. The SMILES string of the molecule is COC(=O)[C@@H](CC(C)C)NC(=O)c1ccnc2ccccc12. The van der Waals surface area contributed by atoms with Crippen LogP contribution in [0.1, 0.15) is 30.6 Å². The molecule has 116 valence electrons. The van der Waals surface area contributed by atoms with Crippen LogP contribution in [0, 0.1) is 5.92 Å². The molecular formula is C17H20N2O3. The van der Waals surface area contributed by atoms with Gasteiger partial charge in [0.15, 0.2) is 0 Å². The molecule has 22 heavy (non-hydrogen) atoms. The number of hydrogen-bond acceptors (Lipinski definition) is 4. The van der Waals surface area contributed by atoms with E-state index in [-0.39, 0.29) is 11.8 Å². The van der Waals surface area contributed by atoms with Gasteiger partial charge in [0, 0.05) is 11.6 Å². The van der Waals surface area contributed by atoms with Crippen LogP contribution in [-0.4, -0.2) is 30.0 Å². The van der Waals surface area contributed by atoms with Crippen LogP contribution in [0.3, 0.4) is 0 Å². The summed E-state index contributed by atoms with van der Waals surface area (Å²) in [7, 11) is 1.32. The highest BCUT2D eigenvalue weighted by atomic mass is 16.5. The van der Waals surface area contributed by atoms with Gasteiger partial charge in [0.05, 0.1) is 18.2 Å². The molecule has 0 spiro atoms. The van der Waals surface area contributed by atoms with E-state index in [4.69, 9.17) is 4.74 Å². The van der Waals surface area contributed by atoms with Gasteiger partial charge in [-0.15, -0.1) is 0 Å². The Morgan fingerprint density at radius 1 is 1.23 bits per heavy atom. The number of nitrogens with one attached hydrogen (secondary N) is 1. The zero-order valence-corrected chi connectivity index (χ0v) is 13.0. The van der Waals surface area contributed by atoms with Crippen molar-refractivity contribution < 1.29 is 14.3 Å². The summed E-state index contributed by atoms with van der Waals surface area (Å²) in [5, 5.41) is 3.53. The molecule has 0 radical (unpaired) electrons. The van der Waals surface area contributed by atoms with Crippen molar-refractivity contribution in [2.75, 3.05) is 7.11 Å². The second-order valence-corrected chi connectivity index (χ2v) is 5.55. The van der Waals surface area contributed by atoms with Gasteiger partial charge in [0.2, 0.25) is 0 Å². The summed E-state index contributed by atoms with van der Waals surface area (Å²) in [6.45, 7) is 3.98. The van der Waals surface area contributed by atoms with E-state index in [0.717, 1.165) is 10.9 Å². The lowest BCUT2D eigenvalue weighted by atomic mass is 10.0. The van der Waals surface area contributed by atoms with Crippen LogP contribution in [0.5, 0.6) is 0 Å². The van der Waals surface area contributed by atoms with E-state index in [1.54, 1.807) is 12.3 Å². The second-order valence-electron chi connectivity index (χ2n) is 5.55. The average molecular weight is 300 g/mol. The molecule has 5 heteroatoms. The van der Waals surface area contributed by atoms with Gasteiger partial charge in [0.25, 0.3) is 5.91 Å². The molecule has 1 aromatic carbocycles. The molecule has 0 aliphatic carbocycles. The van der Waals surface area contributed by atoms with E-state index < -0.39 is 12.0 Å². The van der Waals surface area contributed by atoms with Gasteiger partial charge in [-0.25, -0.2) is 4.79 Å². The highest BCUT2D eigenvalue weighted by Crippen LogP contribution is 2.17. The first-order valence-electron chi connectivity index (χ1n) is 7.25.